The molecule has 0 amide bonds. The third-order valence-electron chi connectivity index (χ3n) is 3.95. The molecular weight excluding hydrogens is 435 g/mol. The van der Waals surface area contributed by atoms with Gasteiger partial charge in [-0.25, -0.2) is 0 Å². The van der Waals surface area contributed by atoms with Crippen LogP contribution >= 0.6 is 24.0 Å². The highest BCUT2D eigenvalue weighted by atomic mass is 127. The van der Waals surface area contributed by atoms with E-state index in [1.54, 1.807) is 7.05 Å². The maximum absolute atomic E-state index is 11.2. The highest BCUT2D eigenvalue weighted by molar-refractivity contribution is 14.0. The number of hydrogen-bond acceptors (Lipinski definition) is 5. The van der Waals surface area contributed by atoms with Gasteiger partial charge in [0.15, 0.2) is 5.96 Å². The smallest absolute Gasteiger partial charge is 0.305 e. The van der Waals surface area contributed by atoms with Crippen molar-refractivity contribution in [2.45, 2.75) is 39.0 Å². The first-order valence-corrected chi connectivity index (χ1v) is 9.16. The number of morpholine rings is 1. The van der Waals surface area contributed by atoms with E-state index in [-0.39, 0.29) is 29.9 Å². The zero-order valence-electron chi connectivity index (χ0n) is 15.7. The molecule has 1 heterocycles. The summed E-state index contributed by atoms with van der Waals surface area (Å²) in [6, 6.07) is 0. The predicted molar refractivity (Wildman–Crippen MR) is 112 cm³/mol. The monoisotopic (exact) mass is 470 g/mol. The number of guanidine groups is 1. The molecule has 148 valence electrons. The molecule has 0 aromatic heterocycles. The molecule has 1 saturated heterocycles. The number of unbranched alkanes of at least 4 members (excludes halogenated alkanes) is 3. The van der Waals surface area contributed by atoms with Gasteiger partial charge in [0.05, 0.1) is 19.8 Å². The van der Waals surface area contributed by atoms with Gasteiger partial charge in [-0.1, -0.05) is 12.8 Å². The van der Waals surface area contributed by atoms with Crippen LogP contribution in [0.25, 0.3) is 0 Å². The standard InChI is InChI=1S/C17H34N4O3.HI/c1-3-24-16(22)8-6-4-5-7-9-19-17(18-2)20-10-11-21-12-14-23-15-13-21;/h3-15H2,1-2H3,(H2,18,19,20);1H. The summed E-state index contributed by atoms with van der Waals surface area (Å²) in [5.41, 5.74) is 0. The first-order chi connectivity index (χ1) is 11.8. The molecule has 0 bridgehead atoms. The van der Waals surface area contributed by atoms with Gasteiger partial charge < -0.3 is 20.1 Å². The molecule has 0 unspecified atom stereocenters. The van der Waals surface area contributed by atoms with Crippen LogP contribution in [0.3, 0.4) is 0 Å². The first-order valence-electron chi connectivity index (χ1n) is 9.16. The summed E-state index contributed by atoms with van der Waals surface area (Å²) < 4.78 is 10.3. The molecule has 0 aliphatic carbocycles. The fourth-order valence-electron chi connectivity index (χ4n) is 2.57. The van der Waals surface area contributed by atoms with Crippen molar-refractivity contribution in [1.82, 2.24) is 15.5 Å². The molecule has 1 rings (SSSR count). The lowest BCUT2D eigenvalue weighted by atomic mass is 10.1. The van der Waals surface area contributed by atoms with E-state index in [4.69, 9.17) is 9.47 Å². The predicted octanol–water partition coefficient (Wildman–Crippen LogP) is 1.62. The lowest BCUT2D eigenvalue weighted by Crippen LogP contribution is -2.44. The topological polar surface area (TPSA) is 75.2 Å². The van der Waals surface area contributed by atoms with Crippen LogP contribution < -0.4 is 10.6 Å². The van der Waals surface area contributed by atoms with Crippen molar-refractivity contribution in [3.63, 3.8) is 0 Å². The van der Waals surface area contributed by atoms with E-state index >= 15 is 0 Å². The van der Waals surface area contributed by atoms with E-state index in [2.05, 4.69) is 20.5 Å². The minimum absolute atomic E-state index is 0. The van der Waals surface area contributed by atoms with Crippen molar-refractivity contribution in [2.75, 3.05) is 59.6 Å². The SMILES string of the molecule is CCOC(=O)CCCCCCNC(=NC)NCCN1CCOCC1.I. The summed E-state index contributed by atoms with van der Waals surface area (Å²) in [4.78, 5) is 17.8. The van der Waals surface area contributed by atoms with Crippen LogP contribution in [0, 0.1) is 0 Å². The minimum Gasteiger partial charge on any atom is -0.466 e. The Balaban J connectivity index is 0.00000576. The molecule has 0 saturated carbocycles. The Labute approximate surface area is 169 Å². The van der Waals surface area contributed by atoms with Gasteiger partial charge in [0.1, 0.15) is 0 Å². The fourth-order valence-corrected chi connectivity index (χ4v) is 2.57. The Morgan fingerprint density at radius 3 is 2.48 bits per heavy atom. The summed E-state index contributed by atoms with van der Waals surface area (Å²) in [6.45, 7) is 8.81. The molecular formula is C17H35IN4O3. The van der Waals surface area contributed by atoms with E-state index in [9.17, 15) is 4.79 Å². The number of carbonyl (C=O) groups is 1. The van der Waals surface area contributed by atoms with Crippen LogP contribution in [-0.2, 0) is 14.3 Å². The van der Waals surface area contributed by atoms with Gasteiger partial charge in [-0.15, -0.1) is 24.0 Å². The third-order valence-corrected chi connectivity index (χ3v) is 3.95. The van der Waals surface area contributed by atoms with Crippen LogP contribution in [0.15, 0.2) is 4.99 Å². The van der Waals surface area contributed by atoms with Crippen LogP contribution in [0.5, 0.6) is 0 Å². The summed E-state index contributed by atoms with van der Waals surface area (Å²) in [7, 11) is 1.80. The molecule has 0 aromatic carbocycles. The molecule has 1 aliphatic rings. The summed E-state index contributed by atoms with van der Waals surface area (Å²) in [5.74, 6) is 0.773. The maximum Gasteiger partial charge on any atom is 0.305 e. The Morgan fingerprint density at radius 1 is 1.12 bits per heavy atom. The number of esters is 1. The minimum atomic E-state index is -0.0829. The molecule has 7 nitrogen and oxygen atoms in total. The van der Waals surface area contributed by atoms with E-state index in [0.29, 0.717) is 13.0 Å². The van der Waals surface area contributed by atoms with Crippen LogP contribution in [-0.4, -0.2) is 76.4 Å². The number of halogens is 1. The first kappa shape index (κ1) is 24.4. The summed E-state index contributed by atoms with van der Waals surface area (Å²) in [5, 5.41) is 6.67. The number of rotatable bonds is 11. The van der Waals surface area contributed by atoms with Crippen molar-refractivity contribution in [3.8, 4) is 0 Å². The van der Waals surface area contributed by atoms with E-state index in [0.717, 1.165) is 77.6 Å². The normalized spacial score (nSPS) is 15.4. The van der Waals surface area contributed by atoms with Crippen molar-refractivity contribution in [2.24, 2.45) is 4.99 Å². The molecule has 2 N–H and O–H groups in total. The van der Waals surface area contributed by atoms with Crippen LogP contribution in [0.4, 0.5) is 0 Å². The van der Waals surface area contributed by atoms with Gasteiger partial charge in [0, 0.05) is 46.2 Å². The van der Waals surface area contributed by atoms with Crippen molar-refractivity contribution < 1.29 is 14.3 Å². The Kier molecular flexibility index (Phi) is 16.4. The average Bonchev–Trinajstić information content (AvgIpc) is 2.60. The van der Waals surface area contributed by atoms with Gasteiger partial charge in [0.2, 0.25) is 0 Å². The van der Waals surface area contributed by atoms with Crippen LogP contribution in [0.2, 0.25) is 0 Å². The largest absolute Gasteiger partial charge is 0.466 e. The molecule has 0 spiro atoms. The zero-order valence-corrected chi connectivity index (χ0v) is 18.1. The number of nitrogens with zero attached hydrogens (tertiary/aromatic N) is 2. The number of aliphatic imine (C=N–C) groups is 1. The second-order valence-corrected chi connectivity index (χ2v) is 5.85. The van der Waals surface area contributed by atoms with Crippen LogP contribution in [0.1, 0.15) is 39.0 Å². The number of hydrogen-bond donors (Lipinski definition) is 2. The van der Waals surface area contributed by atoms with Gasteiger partial charge in [-0.05, 0) is 19.8 Å². The van der Waals surface area contributed by atoms with E-state index in [1.165, 1.54) is 0 Å². The van der Waals surface area contributed by atoms with Crippen molar-refractivity contribution in [1.29, 1.82) is 0 Å². The highest BCUT2D eigenvalue weighted by Gasteiger charge is 2.09. The molecule has 0 aromatic rings. The highest BCUT2D eigenvalue weighted by Crippen LogP contribution is 2.03. The van der Waals surface area contributed by atoms with Crippen molar-refractivity contribution >= 4 is 35.9 Å². The third kappa shape index (κ3) is 13.3. The maximum atomic E-state index is 11.2. The summed E-state index contributed by atoms with van der Waals surface area (Å²) >= 11 is 0. The molecule has 1 aliphatic heterocycles. The average molecular weight is 470 g/mol. The Bertz CT molecular complexity index is 364. The Hall–Kier alpha value is -0.610. The second-order valence-electron chi connectivity index (χ2n) is 5.85. The Morgan fingerprint density at radius 2 is 1.80 bits per heavy atom. The van der Waals surface area contributed by atoms with E-state index < -0.39 is 0 Å². The number of carbonyl (C=O) groups excluding carboxylic acids is 1. The van der Waals surface area contributed by atoms with Crippen molar-refractivity contribution in [3.05, 3.63) is 0 Å². The number of ether oxygens (including phenoxy) is 2. The fraction of sp³-hybridized carbons (Fsp3) is 0.882. The molecule has 0 atom stereocenters. The molecule has 8 heteroatoms. The number of nitrogens with one attached hydrogen (secondary N) is 2. The van der Waals surface area contributed by atoms with Gasteiger partial charge >= 0.3 is 5.97 Å². The summed E-state index contributed by atoms with van der Waals surface area (Å²) in [6.07, 6.45) is 4.69. The lowest BCUT2D eigenvalue weighted by molar-refractivity contribution is -0.143. The quantitative estimate of drug-likeness (QED) is 0.157. The van der Waals surface area contributed by atoms with E-state index in [1.807, 2.05) is 6.92 Å². The molecule has 0 radical (unpaired) electrons. The zero-order chi connectivity index (χ0) is 17.5. The molecule has 25 heavy (non-hydrogen) atoms. The lowest BCUT2D eigenvalue weighted by Gasteiger charge is -2.26. The van der Waals surface area contributed by atoms with Gasteiger partial charge in [0.25, 0.3) is 0 Å². The second kappa shape index (κ2) is 16.8. The van der Waals surface area contributed by atoms with Gasteiger partial charge in [-0.2, -0.15) is 0 Å². The van der Waals surface area contributed by atoms with Gasteiger partial charge in [-0.3, -0.25) is 14.7 Å². The molecule has 1 fully saturated rings.